The van der Waals surface area contributed by atoms with Crippen molar-refractivity contribution in [3.63, 3.8) is 0 Å². The second-order valence-electron chi connectivity index (χ2n) is 7.62. The predicted octanol–water partition coefficient (Wildman–Crippen LogP) is 3.69. The van der Waals surface area contributed by atoms with E-state index in [1.807, 2.05) is 19.9 Å². The van der Waals surface area contributed by atoms with Crippen LogP contribution in [-0.4, -0.2) is 44.4 Å². The van der Waals surface area contributed by atoms with Gasteiger partial charge in [-0.2, -0.15) is 4.31 Å². The molecule has 2 aromatic carbocycles. The monoisotopic (exact) mass is 432 g/mol. The van der Waals surface area contributed by atoms with Crippen molar-refractivity contribution < 1.29 is 22.7 Å². The van der Waals surface area contributed by atoms with Crippen molar-refractivity contribution in [3.8, 4) is 11.5 Å². The van der Waals surface area contributed by atoms with Crippen LogP contribution in [0.1, 0.15) is 43.6 Å². The first-order chi connectivity index (χ1) is 14.1. The lowest BCUT2D eigenvalue weighted by Gasteiger charge is -2.21. The van der Waals surface area contributed by atoms with Gasteiger partial charge in [0, 0.05) is 36.7 Å². The summed E-state index contributed by atoms with van der Waals surface area (Å²) in [5.74, 6) is 0.855. The molecule has 162 valence electrons. The summed E-state index contributed by atoms with van der Waals surface area (Å²) in [7, 11) is -2.17. The number of carbonyl (C=O) groups excluding carboxylic acids is 1. The van der Waals surface area contributed by atoms with Gasteiger partial charge in [0.25, 0.3) is 5.91 Å². The van der Waals surface area contributed by atoms with Crippen molar-refractivity contribution in [1.29, 1.82) is 0 Å². The van der Waals surface area contributed by atoms with Gasteiger partial charge in [-0.15, -0.1) is 0 Å². The molecule has 0 aromatic heterocycles. The van der Waals surface area contributed by atoms with Crippen LogP contribution in [-0.2, 0) is 16.4 Å². The Hall–Kier alpha value is -2.58. The van der Waals surface area contributed by atoms with Crippen LogP contribution in [0.2, 0.25) is 0 Å². The maximum Gasteiger partial charge on any atom is 0.255 e. The summed E-state index contributed by atoms with van der Waals surface area (Å²) in [6, 6.07) is 9.46. The minimum absolute atomic E-state index is 0.0697. The number of sulfonamides is 1. The van der Waals surface area contributed by atoms with Crippen LogP contribution in [0.15, 0.2) is 41.3 Å². The number of hydrogen-bond acceptors (Lipinski definition) is 5. The lowest BCUT2D eigenvalue weighted by atomic mass is 10.1. The molecule has 2 aromatic rings. The Bertz CT molecular complexity index is 1050. The van der Waals surface area contributed by atoms with E-state index in [1.54, 1.807) is 32.0 Å². The molecule has 1 N–H and O–H groups in total. The van der Waals surface area contributed by atoms with Gasteiger partial charge in [0.05, 0.1) is 17.2 Å². The predicted molar refractivity (Wildman–Crippen MR) is 116 cm³/mol. The molecule has 30 heavy (non-hydrogen) atoms. The van der Waals surface area contributed by atoms with Crippen LogP contribution < -0.4 is 14.8 Å². The van der Waals surface area contributed by atoms with Crippen LogP contribution in [0, 0.1) is 0 Å². The lowest BCUT2D eigenvalue weighted by Crippen LogP contribution is -2.33. The van der Waals surface area contributed by atoms with Crippen molar-refractivity contribution in [3.05, 3.63) is 47.5 Å². The summed E-state index contributed by atoms with van der Waals surface area (Å²) >= 11 is 0. The van der Waals surface area contributed by atoms with Gasteiger partial charge in [0.2, 0.25) is 10.0 Å². The van der Waals surface area contributed by atoms with Crippen molar-refractivity contribution >= 4 is 21.6 Å². The first kappa shape index (κ1) is 22.1. The summed E-state index contributed by atoms with van der Waals surface area (Å²) in [6.07, 6.45) is 0.854. The molecule has 0 aliphatic carbocycles. The van der Waals surface area contributed by atoms with E-state index in [0.29, 0.717) is 18.0 Å². The fraction of sp³-hybridized carbons (Fsp3) is 0.409. The Labute approximate surface area is 178 Å². The Balaban J connectivity index is 1.90. The average Bonchev–Trinajstić information content (AvgIpc) is 3.06. The highest BCUT2D eigenvalue weighted by Gasteiger charge is 2.25. The van der Waals surface area contributed by atoms with Gasteiger partial charge in [-0.1, -0.05) is 6.07 Å². The number of carbonyl (C=O) groups is 1. The number of rotatable bonds is 7. The summed E-state index contributed by atoms with van der Waals surface area (Å²) < 4.78 is 38.3. The third-order valence-corrected chi connectivity index (χ3v) is 7.08. The zero-order valence-corrected chi connectivity index (χ0v) is 18.7. The highest BCUT2D eigenvalue weighted by Crippen LogP contribution is 2.38. The fourth-order valence-electron chi connectivity index (χ4n) is 3.25. The second kappa shape index (κ2) is 8.65. The molecular weight excluding hydrogens is 404 g/mol. The molecule has 1 aliphatic heterocycles. The Morgan fingerprint density at radius 3 is 2.70 bits per heavy atom. The zero-order chi connectivity index (χ0) is 22.1. The number of hydrogen-bond donors (Lipinski definition) is 1. The number of fused-ring (bicyclic) bond motifs is 1. The van der Waals surface area contributed by atoms with Crippen LogP contribution in [0.4, 0.5) is 5.69 Å². The molecule has 1 aliphatic rings. The van der Waals surface area contributed by atoms with Crippen molar-refractivity contribution in [2.45, 2.75) is 51.2 Å². The Morgan fingerprint density at radius 2 is 2.03 bits per heavy atom. The number of nitrogens with one attached hydrogen (secondary N) is 1. The summed E-state index contributed by atoms with van der Waals surface area (Å²) in [6.45, 7) is 7.89. The van der Waals surface area contributed by atoms with E-state index in [0.717, 1.165) is 17.7 Å². The molecule has 1 heterocycles. The molecule has 0 spiro atoms. The standard InChI is InChI=1S/C22H28N2O5S/c1-6-28-21-12-17-10-15(4)29-20(17)13-19(21)23-22(25)16-8-7-9-18(11-16)30(26,27)24(5)14(2)3/h7-9,11-15H,6,10H2,1-5H3,(H,23,25)/t15-/m0/s1. The summed E-state index contributed by atoms with van der Waals surface area (Å²) in [5.41, 5.74) is 1.77. The van der Waals surface area contributed by atoms with Crippen LogP contribution >= 0.6 is 0 Å². The number of anilines is 1. The first-order valence-electron chi connectivity index (χ1n) is 9.99. The molecule has 8 heteroatoms. The van der Waals surface area contributed by atoms with E-state index in [-0.39, 0.29) is 22.6 Å². The topological polar surface area (TPSA) is 84.9 Å². The zero-order valence-electron chi connectivity index (χ0n) is 17.9. The maximum atomic E-state index is 12.9. The SMILES string of the molecule is CCOc1cc2c(cc1NC(=O)c1cccc(S(=O)(=O)N(C)C(C)C)c1)O[C@@H](C)C2. The van der Waals surface area contributed by atoms with Gasteiger partial charge in [0.1, 0.15) is 17.6 Å². The molecule has 0 fully saturated rings. The lowest BCUT2D eigenvalue weighted by molar-refractivity contribution is 0.102. The fourth-order valence-corrected chi connectivity index (χ4v) is 4.66. The number of nitrogens with zero attached hydrogens (tertiary/aromatic N) is 1. The second-order valence-corrected chi connectivity index (χ2v) is 9.62. The molecule has 7 nitrogen and oxygen atoms in total. The van der Waals surface area contributed by atoms with Gasteiger partial charge < -0.3 is 14.8 Å². The number of ether oxygens (including phenoxy) is 2. The Morgan fingerprint density at radius 1 is 1.30 bits per heavy atom. The van der Waals surface area contributed by atoms with Gasteiger partial charge in [-0.3, -0.25) is 4.79 Å². The van der Waals surface area contributed by atoms with Crippen molar-refractivity contribution in [2.24, 2.45) is 0 Å². The first-order valence-corrected chi connectivity index (χ1v) is 11.4. The quantitative estimate of drug-likeness (QED) is 0.721. The van der Waals surface area contributed by atoms with Gasteiger partial charge in [-0.25, -0.2) is 8.42 Å². The van der Waals surface area contributed by atoms with Crippen LogP contribution in [0.3, 0.4) is 0 Å². The Kier molecular flexibility index (Phi) is 6.38. The summed E-state index contributed by atoms with van der Waals surface area (Å²) in [5, 5.41) is 2.83. The molecule has 1 amide bonds. The molecule has 0 unspecified atom stereocenters. The highest BCUT2D eigenvalue weighted by molar-refractivity contribution is 7.89. The third kappa shape index (κ3) is 4.44. The minimum Gasteiger partial charge on any atom is -0.492 e. The van der Waals surface area contributed by atoms with E-state index in [4.69, 9.17) is 9.47 Å². The smallest absolute Gasteiger partial charge is 0.255 e. The normalized spacial score (nSPS) is 15.8. The molecule has 3 rings (SSSR count). The van der Waals surface area contributed by atoms with E-state index in [2.05, 4.69) is 5.32 Å². The molecule has 0 saturated carbocycles. The van der Waals surface area contributed by atoms with Gasteiger partial charge >= 0.3 is 0 Å². The molecule has 0 bridgehead atoms. The number of benzene rings is 2. The van der Waals surface area contributed by atoms with E-state index in [9.17, 15) is 13.2 Å². The molecule has 1 atom stereocenters. The largest absolute Gasteiger partial charge is 0.492 e. The van der Waals surface area contributed by atoms with E-state index in [1.165, 1.54) is 23.5 Å². The summed E-state index contributed by atoms with van der Waals surface area (Å²) in [4.78, 5) is 13.0. The minimum atomic E-state index is -3.69. The molecule has 0 radical (unpaired) electrons. The average molecular weight is 433 g/mol. The third-order valence-electron chi connectivity index (χ3n) is 5.05. The molecule has 0 saturated heterocycles. The van der Waals surface area contributed by atoms with Crippen molar-refractivity contribution in [2.75, 3.05) is 19.0 Å². The molecular formula is C22H28N2O5S. The highest BCUT2D eigenvalue weighted by atomic mass is 32.2. The maximum absolute atomic E-state index is 12.9. The van der Waals surface area contributed by atoms with E-state index >= 15 is 0 Å². The van der Waals surface area contributed by atoms with E-state index < -0.39 is 15.9 Å². The van der Waals surface area contributed by atoms with Gasteiger partial charge in [-0.05, 0) is 52.0 Å². The number of amides is 1. The van der Waals surface area contributed by atoms with Crippen LogP contribution in [0.25, 0.3) is 0 Å². The van der Waals surface area contributed by atoms with Crippen LogP contribution in [0.5, 0.6) is 11.5 Å². The van der Waals surface area contributed by atoms with Gasteiger partial charge in [0.15, 0.2) is 0 Å². The van der Waals surface area contributed by atoms with Crippen molar-refractivity contribution in [1.82, 2.24) is 4.31 Å².